The molecule has 1 N–H and O–H groups in total. The third kappa shape index (κ3) is 4.27. The van der Waals surface area contributed by atoms with Gasteiger partial charge in [-0.1, -0.05) is 50.1 Å². The number of hydrogen-bond acceptors (Lipinski definition) is 3. The van der Waals surface area contributed by atoms with E-state index in [1.807, 2.05) is 6.92 Å². The van der Waals surface area contributed by atoms with E-state index in [-0.39, 0.29) is 29.0 Å². The topological polar surface area (TPSA) is 64.0 Å². The van der Waals surface area contributed by atoms with Crippen molar-refractivity contribution in [1.29, 1.82) is 0 Å². The Labute approximate surface area is 163 Å². The Balaban J connectivity index is 1.93. The number of unbranched alkanes of at least 4 members (excludes halogenated alkanes) is 2. The molecule has 0 aliphatic carbocycles. The number of carbonyl (C=O) groups excluding carboxylic acids is 1. The first-order valence-corrected chi connectivity index (χ1v) is 9.57. The van der Waals surface area contributed by atoms with Gasteiger partial charge < -0.3 is 5.32 Å². The third-order valence-corrected chi connectivity index (χ3v) is 4.77. The van der Waals surface area contributed by atoms with E-state index >= 15 is 0 Å². The average Bonchev–Trinajstić information content (AvgIpc) is 2.70. The number of hydrogen-bond donors (Lipinski definition) is 1. The summed E-state index contributed by atoms with van der Waals surface area (Å²) in [6, 6.07) is 12.7. The molecule has 0 aliphatic rings. The molecule has 6 heteroatoms. The summed E-state index contributed by atoms with van der Waals surface area (Å²) in [7, 11) is 0. The number of rotatable bonds is 7. The summed E-state index contributed by atoms with van der Waals surface area (Å²) in [6.45, 7) is 4.39. The third-order valence-electron chi connectivity index (χ3n) is 4.77. The SMILES string of the molecule is CCCCCn1nc(C(=O)NC(C)c2ccc(F)cc2)c2ccccc2c1=O. The van der Waals surface area contributed by atoms with Crippen LogP contribution < -0.4 is 10.9 Å². The van der Waals surface area contributed by atoms with E-state index in [1.54, 1.807) is 36.4 Å². The van der Waals surface area contributed by atoms with Crippen LogP contribution in [0.15, 0.2) is 53.3 Å². The molecule has 0 aliphatic heterocycles. The molecule has 5 nitrogen and oxygen atoms in total. The second-order valence-corrected chi connectivity index (χ2v) is 6.88. The van der Waals surface area contributed by atoms with Crippen molar-refractivity contribution >= 4 is 16.7 Å². The first-order valence-electron chi connectivity index (χ1n) is 9.57. The molecule has 0 radical (unpaired) electrons. The molecule has 146 valence electrons. The zero-order valence-corrected chi connectivity index (χ0v) is 16.1. The monoisotopic (exact) mass is 381 g/mol. The minimum absolute atomic E-state index is 0.185. The van der Waals surface area contributed by atoms with Gasteiger partial charge in [0, 0.05) is 11.9 Å². The molecule has 3 rings (SSSR count). The van der Waals surface area contributed by atoms with Crippen LogP contribution in [0.4, 0.5) is 4.39 Å². The number of fused-ring (bicyclic) bond motifs is 1. The number of halogens is 1. The van der Waals surface area contributed by atoms with Crippen molar-refractivity contribution < 1.29 is 9.18 Å². The van der Waals surface area contributed by atoms with Gasteiger partial charge >= 0.3 is 0 Å². The van der Waals surface area contributed by atoms with E-state index in [9.17, 15) is 14.0 Å². The van der Waals surface area contributed by atoms with Gasteiger partial charge in [-0.3, -0.25) is 9.59 Å². The molecule has 0 saturated carbocycles. The molecule has 1 atom stereocenters. The highest BCUT2D eigenvalue weighted by atomic mass is 19.1. The average molecular weight is 381 g/mol. The Morgan fingerprint density at radius 1 is 1.11 bits per heavy atom. The largest absolute Gasteiger partial charge is 0.344 e. The lowest BCUT2D eigenvalue weighted by atomic mass is 10.1. The van der Waals surface area contributed by atoms with E-state index in [0.717, 1.165) is 24.8 Å². The van der Waals surface area contributed by atoms with Gasteiger partial charge in [0.1, 0.15) is 5.82 Å². The van der Waals surface area contributed by atoms with Crippen molar-refractivity contribution in [2.45, 2.75) is 45.7 Å². The zero-order valence-electron chi connectivity index (χ0n) is 16.1. The van der Waals surface area contributed by atoms with Crippen LogP contribution in [0, 0.1) is 5.82 Å². The minimum Gasteiger partial charge on any atom is -0.344 e. The molecule has 1 heterocycles. The zero-order chi connectivity index (χ0) is 20.1. The van der Waals surface area contributed by atoms with Crippen LogP contribution in [0.2, 0.25) is 0 Å². The molecule has 3 aromatic rings. The molecular formula is C22H24FN3O2. The normalized spacial score (nSPS) is 12.1. The lowest BCUT2D eigenvalue weighted by Gasteiger charge is -2.16. The van der Waals surface area contributed by atoms with Crippen LogP contribution in [-0.2, 0) is 6.54 Å². The highest BCUT2D eigenvalue weighted by molar-refractivity contribution is 6.04. The number of amides is 1. The molecular weight excluding hydrogens is 357 g/mol. The van der Waals surface area contributed by atoms with Gasteiger partial charge in [-0.05, 0) is 37.1 Å². The molecule has 1 aromatic heterocycles. The molecule has 0 spiro atoms. The number of carbonyl (C=O) groups is 1. The maximum Gasteiger partial charge on any atom is 0.274 e. The fourth-order valence-electron chi connectivity index (χ4n) is 3.17. The number of benzene rings is 2. The lowest BCUT2D eigenvalue weighted by Crippen LogP contribution is -2.32. The molecule has 1 amide bonds. The highest BCUT2D eigenvalue weighted by Crippen LogP contribution is 2.17. The summed E-state index contributed by atoms with van der Waals surface area (Å²) in [5.74, 6) is -0.689. The molecule has 1 unspecified atom stereocenters. The van der Waals surface area contributed by atoms with Gasteiger partial charge in [0.25, 0.3) is 11.5 Å². The minimum atomic E-state index is -0.364. The van der Waals surface area contributed by atoms with Crippen molar-refractivity contribution in [1.82, 2.24) is 15.1 Å². The van der Waals surface area contributed by atoms with E-state index in [2.05, 4.69) is 17.3 Å². The second kappa shape index (κ2) is 8.78. The van der Waals surface area contributed by atoms with Gasteiger partial charge in [0.2, 0.25) is 0 Å². The summed E-state index contributed by atoms with van der Waals surface area (Å²) in [5, 5.41) is 8.27. The van der Waals surface area contributed by atoms with Crippen molar-refractivity contribution in [3.05, 3.63) is 76.0 Å². The summed E-state index contributed by atoms with van der Waals surface area (Å²) >= 11 is 0. The van der Waals surface area contributed by atoms with E-state index in [1.165, 1.54) is 16.8 Å². The maximum absolute atomic E-state index is 13.1. The standard InChI is InChI=1S/C22H24FN3O2/c1-3-4-7-14-26-22(28)19-9-6-5-8-18(19)20(25-26)21(27)24-15(2)16-10-12-17(23)13-11-16/h5-6,8-13,15H,3-4,7,14H2,1-2H3,(H,24,27). The van der Waals surface area contributed by atoms with Crippen molar-refractivity contribution in [2.75, 3.05) is 0 Å². The molecule has 0 saturated heterocycles. The molecule has 2 aromatic carbocycles. The molecule has 28 heavy (non-hydrogen) atoms. The fourth-order valence-corrected chi connectivity index (χ4v) is 3.17. The van der Waals surface area contributed by atoms with Crippen LogP contribution >= 0.6 is 0 Å². The van der Waals surface area contributed by atoms with E-state index < -0.39 is 0 Å². The van der Waals surface area contributed by atoms with Crippen molar-refractivity contribution in [3.8, 4) is 0 Å². The van der Waals surface area contributed by atoms with Crippen LogP contribution in [0.25, 0.3) is 10.8 Å². The summed E-state index contributed by atoms with van der Waals surface area (Å²) in [6.07, 6.45) is 2.85. The predicted octanol–water partition coefficient (Wildman–Crippen LogP) is 4.22. The van der Waals surface area contributed by atoms with Gasteiger partial charge in [0.05, 0.1) is 11.4 Å². The maximum atomic E-state index is 13.1. The fraction of sp³-hybridized carbons (Fsp3) is 0.318. The van der Waals surface area contributed by atoms with E-state index in [4.69, 9.17) is 0 Å². The van der Waals surface area contributed by atoms with Crippen LogP contribution in [0.1, 0.15) is 55.2 Å². The second-order valence-electron chi connectivity index (χ2n) is 6.88. The quantitative estimate of drug-likeness (QED) is 0.624. The van der Waals surface area contributed by atoms with Gasteiger partial charge in [-0.25, -0.2) is 9.07 Å². The first kappa shape index (κ1) is 19.7. The Bertz CT molecular complexity index is 1030. The Hall–Kier alpha value is -3.02. The smallest absolute Gasteiger partial charge is 0.274 e. The van der Waals surface area contributed by atoms with Crippen LogP contribution in [-0.4, -0.2) is 15.7 Å². The lowest BCUT2D eigenvalue weighted by molar-refractivity contribution is 0.0934. The van der Waals surface area contributed by atoms with Crippen LogP contribution in [0.3, 0.4) is 0 Å². The van der Waals surface area contributed by atoms with Gasteiger partial charge in [-0.15, -0.1) is 0 Å². The van der Waals surface area contributed by atoms with Gasteiger partial charge in [0.15, 0.2) is 5.69 Å². The summed E-state index contributed by atoms with van der Waals surface area (Å²) < 4.78 is 14.5. The summed E-state index contributed by atoms with van der Waals surface area (Å²) in [5.41, 5.74) is 0.825. The number of aryl methyl sites for hydroxylation is 1. The Morgan fingerprint density at radius 3 is 2.46 bits per heavy atom. The molecule has 0 fully saturated rings. The number of nitrogens with zero attached hydrogens (tertiary/aromatic N) is 2. The van der Waals surface area contributed by atoms with Crippen molar-refractivity contribution in [2.24, 2.45) is 0 Å². The van der Waals surface area contributed by atoms with Crippen molar-refractivity contribution in [3.63, 3.8) is 0 Å². The molecule has 0 bridgehead atoms. The Kier molecular flexibility index (Phi) is 6.19. The number of aromatic nitrogens is 2. The summed E-state index contributed by atoms with van der Waals surface area (Å²) in [4.78, 5) is 25.6. The highest BCUT2D eigenvalue weighted by Gasteiger charge is 2.18. The predicted molar refractivity (Wildman–Crippen MR) is 108 cm³/mol. The Morgan fingerprint density at radius 2 is 1.79 bits per heavy atom. The van der Waals surface area contributed by atoms with Gasteiger partial charge in [-0.2, -0.15) is 5.10 Å². The van der Waals surface area contributed by atoms with E-state index in [0.29, 0.717) is 17.3 Å². The van der Waals surface area contributed by atoms with Crippen LogP contribution in [0.5, 0.6) is 0 Å². The number of nitrogens with one attached hydrogen (secondary N) is 1. The first-order chi connectivity index (χ1) is 13.5.